The molecule has 0 radical (unpaired) electrons. The predicted molar refractivity (Wildman–Crippen MR) is 38.5 cm³/mol. The van der Waals surface area contributed by atoms with E-state index < -0.39 is 5.79 Å². The van der Waals surface area contributed by atoms with Gasteiger partial charge in [-0.15, -0.1) is 0 Å². The minimum absolute atomic E-state index is 0.382. The minimum Gasteiger partial charge on any atom is -0.365 e. The van der Waals surface area contributed by atoms with Gasteiger partial charge in [-0.25, -0.2) is 0 Å². The molecular weight excluding hydrogens is 130 g/mol. The van der Waals surface area contributed by atoms with E-state index in [2.05, 4.69) is 4.90 Å². The summed E-state index contributed by atoms with van der Waals surface area (Å²) < 4.78 is 0. The molecule has 60 valence electrons. The lowest BCUT2D eigenvalue weighted by Gasteiger charge is -2.23. The Bertz CT molecular complexity index is 103. The summed E-state index contributed by atoms with van der Waals surface area (Å²) in [5.41, 5.74) is 0. The number of aliphatic hydroxyl groups is 2. The van der Waals surface area contributed by atoms with Crippen molar-refractivity contribution in [1.82, 2.24) is 4.90 Å². The van der Waals surface area contributed by atoms with Gasteiger partial charge in [0.15, 0.2) is 5.79 Å². The molecule has 1 heterocycles. The SMILES string of the molecule is CC(O)(O)CN1CCCC1. The molecule has 1 fully saturated rings. The molecular formula is C7H15NO2. The van der Waals surface area contributed by atoms with Crippen molar-refractivity contribution in [3.05, 3.63) is 0 Å². The lowest BCUT2D eigenvalue weighted by atomic mass is 10.3. The lowest BCUT2D eigenvalue weighted by molar-refractivity contribution is -0.156. The highest BCUT2D eigenvalue weighted by Crippen LogP contribution is 2.10. The third-order valence-electron chi connectivity index (χ3n) is 1.72. The van der Waals surface area contributed by atoms with Gasteiger partial charge in [0.2, 0.25) is 0 Å². The Morgan fingerprint density at radius 1 is 1.30 bits per heavy atom. The molecule has 0 saturated carbocycles. The zero-order chi connectivity index (χ0) is 7.61. The Morgan fingerprint density at radius 2 is 1.80 bits per heavy atom. The largest absolute Gasteiger partial charge is 0.365 e. The van der Waals surface area contributed by atoms with Crippen LogP contribution in [0.3, 0.4) is 0 Å². The van der Waals surface area contributed by atoms with Gasteiger partial charge in [-0.3, -0.25) is 4.90 Å². The fourth-order valence-corrected chi connectivity index (χ4v) is 1.36. The highest BCUT2D eigenvalue weighted by Gasteiger charge is 2.21. The third-order valence-corrected chi connectivity index (χ3v) is 1.72. The van der Waals surface area contributed by atoms with Crippen LogP contribution in [0.2, 0.25) is 0 Å². The Morgan fingerprint density at radius 3 is 2.20 bits per heavy atom. The molecule has 1 aliphatic heterocycles. The summed E-state index contributed by atoms with van der Waals surface area (Å²) in [6, 6.07) is 0. The molecule has 3 heteroatoms. The molecule has 0 unspecified atom stereocenters. The fraction of sp³-hybridized carbons (Fsp3) is 1.00. The van der Waals surface area contributed by atoms with Crippen molar-refractivity contribution in [2.45, 2.75) is 25.6 Å². The highest BCUT2D eigenvalue weighted by molar-refractivity contribution is 4.70. The van der Waals surface area contributed by atoms with Crippen molar-refractivity contribution in [3.63, 3.8) is 0 Å². The van der Waals surface area contributed by atoms with Gasteiger partial charge in [-0.1, -0.05) is 0 Å². The van der Waals surface area contributed by atoms with Crippen molar-refractivity contribution in [2.75, 3.05) is 19.6 Å². The van der Waals surface area contributed by atoms with Crippen LogP contribution in [0.25, 0.3) is 0 Å². The Balaban J connectivity index is 2.24. The monoisotopic (exact) mass is 145 g/mol. The van der Waals surface area contributed by atoms with Crippen LogP contribution in [-0.2, 0) is 0 Å². The summed E-state index contributed by atoms with van der Waals surface area (Å²) in [7, 11) is 0. The molecule has 0 amide bonds. The maximum absolute atomic E-state index is 8.99. The quantitative estimate of drug-likeness (QED) is 0.528. The maximum atomic E-state index is 8.99. The lowest BCUT2D eigenvalue weighted by Crippen LogP contribution is -2.39. The number of hydrogen-bond donors (Lipinski definition) is 2. The van der Waals surface area contributed by atoms with E-state index in [-0.39, 0.29) is 0 Å². The van der Waals surface area contributed by atoms with E-state index in [1.807, 2.05) is 0 Å². The fourth-order valence-electron chi connectivity index (χ4n) is 1.36. The second-order valence-electron chi connectivity index (χ2n) is 3.20. The summed E-state index contributed by atoms with van der Waals surface area (Å²) in [6.07, 6.45) is 2.38. The number of hydrogen-bond acceptors (Lipinski definition) is 3. The van der Waals surface area contributed by atoms with Crippen LogP contribution in [0.5, 0.6) is 0 Å². The first-order valence-corrected chi connectivity index (χ1v) is 3.75. The van der Waals surface area contributed by atoms with Crippen LogP contribution in [-0.4, -0.2) is 40.5 Å². The molecule has 0 atom stereocenters. The van der Waals surface area contributed by atoms with E-state index in [9.17, 15) is 0 Å². The van der Waals surface area contributed by atoms with Gasteiger partial charge < -0.3 is 10.2 Å². The normalized spacial score (nSPS) is 21.9. The molecule has 1 aliphatic rings. The molecule has 0 aromatic rings. The van der Waals surface area contributed by atoms with Crippen molar-refractivity contribution >= 4 is 0 Å². The Kier molecular flexibility index (Phi) is 2.28. The molecule has 3 nitrogen and oxygen atoms in total. The van der Waals surface area contributed by atoms with Gasteiger partial charge in [-0.05, 0) is 32.9 Å². The molecule has 1 rings (SSSR count). The van der Waals surface area contributed by atoms with Gasteiger partial charge in [-0.2, -0.15) is 0 Å². The van der Waals surface area contributed by atoms with E-state index in [1.165, 1.54) is 19.8 Å². The van der Waals surface area contributed by atoms with Crippen LogP contribution >= 0.6 is 0 Å². The second kappa shape index (κ2) is 2.86. The highest BCUT2D eigenvalue weighted by atomic mass is 16.5. The predicted octanol–water partition coefficient (Wildman–Crippen LogP) is -0.217. The Labute approximate surface area is 61.3 Å². The van der Waals surface area contributed by atoms with E-state index in [4.69, 9.17) is 10.2 Å². The van der Waals surface area contributed by atoms with Gasteiger partial charge in [0.25, 0.3) is 0 Å². The van der Waals surface area contributed by atoms with Crippen molar-refractivity contribution in [3.8, 4) is 0 Å². The van der Waals surface area contributed by atoms with E-state index in [0.717, 1.165) is 13.1 Å². The van der Waals surface area contributed by atoms with Crippen LogP contribution in [0, 0.1) is 0 Å². The molecule has 2 N–H and O–H groups in total. The van der Waals surface area contributed by atoms with Gasteiger partial charge in [0, 0.05) is 0 Å². The standard InChI is InChI=1S/C7H15NO2/c1-7(9,10)6-8-4-2-3-5-8/h9-10H,2-6H2,1H3. The third kappa shape index (κ3) is 2.64. The maximum Gasteiger partial charge on any atom is 0.172 e. The smallest absolute Gasteiger partial charge is 0.172 e. The first-order chi connectivity index (χ1) is 4.58. The van der Waals surface area contributed by atoms with Gasteiger partial charge in [0.05, 0.1) is 6.54 Å². The van der Waals surface area contributed by atoms with E-state index in [0.29, 0.717) is 6.54 Å². The molecule has 0 aliphatic carbocycles. The number of nitrogens with zero attached hydrogens (tertiary/aromatic N) is 1. The molecule has 1 saturated heterocycles. The van der Waals surface area contributed by atoms with Crippen LogP contribution in [0.4, 0.5) is 0 Å². The number of likely N-dealkylation sites (tertiary alicyclic amines) is 1. The van der Waals surface area contributed by atoms with Crippen molar-refractivity contribution in [1.29, 1.82) is 0 Å². The number of rotatable bonds is 2. The molecule has 0 aromatic heterocycles. The van der Waals surface area contributed by atoms with E-state index in [1.54, 1.807) is 0 Å². The Hall–Kier alpha value is -0.120. The summed E-state index contributed by atoms with van der Waals surface area (Å²) in [6.45, 7) is 3.83. The van der Waals surface area contributed by atoms with Gasteiger partial charge >= 0.3 is 0 Å². The average Bonchev–Trinajstić information content (AvgIpc) is 2.12. The summed E-state index contributed by atoms with van der Waals surface area (Å²) in [4.78, 5) is 2.07. The van der Waals surface area contributed by atoms with Crippen LogP contribution < -0.4 is 0 Å². The van der Waals surface area contributed by atoms with Gasteiger partial charge in [0.1, 0.15) is 0 Å². The van der Waals surface area contributed by atoms with Crippen LogP contribution in [0.1, 0.15) is 19.8 Å². The summed E-state index contributed by atoms with van der Waals surface area (Å²) >= 11 is 0. The molecule has 0 aromatic carbocycles. The average molecular weight is 145 g/mol. The summed E-state index contributed by atoms with van der Waals surface area (Å²) in [5, 5.41) is 18.0. The molecule has 10 heavy (non-hydrogen) atoms. The topological polar surface area (TPSA) is 43.7 Å². The summed E-state index contributed by atoms with van der Waals surface area (Å²) in [5.74, 6) is -1.51. The number of β-amino-alcohol motifs (C(OH)–C–C–N with tert-alkyl or cyclic N) is 2. The van der Waals surface area contributed by atoms with Crippen molar-refractivity contribution < 1.29 is 10.2 Å². The van der Waals surface area contributed by atoms with Crippen molar-refractivity contribution in [2.24, 2.45) is 0 Å². The first-order valence-electron chi connectivity index (χ1n) is 3.75. The zero-order valence-corrected chi connectivity index (χ0v) is 6.38. The molecule has 0 bridgehead atoms. The molecule has 0 spiro atoms. The minimum atomic E-state index is -1.51. The second-order valence-corrected chi connectivity index (χ2v) is 3.20. The van der Waals surface area contributed by atoms with Crippen LogP contribution in [0.15, 0.2) is 0 Å². The zero-order valence-electron chi connectivity index (χ0n) is 6.38. The first kappa shape index (κ1) is 7.98. The van der Waals surface area contributed by atoms with E-state index >= 15 is 0 Å².